The van der Waals surface area contributed by atoms with Gasteiger partial charge in [0, 0.05) is 44.8 Å². The maximum absolute atomic E-state index is 13.6. The summed E-state index contributed by atoms with van der Waals surface area (Å²) in [6, 6.07) is 24.3. The molecule has 204 valence electrons. The molecular formula is C31H19Cl2F3N4O. The van der Waals surface area contributed by atoms with E-state index in [1.165, 1.54) is 18.3 Å². The Morgan fingerprint density at radius 2 is 1.63 bits per heavy atom. The van der Waals surface area contributed by atoms with Gasteiger partial charge >= 0.3 is 6.18 Å². The SMILES string of the molecule is O=c1c2ccccc2nc(-c2cccc(C(F)(F)F)c2)n1N=Cc1cn(Cc2ccc(Cl)cc2Cl)c2ccccc12. The average molecular weight is 591 g/mol. The molecule has 6 aromatic rings. The van der Waals surface area contributed by atoms with Crippen LogP contribution in [0.15, 0.2) is 107 Å². The maximum Gasteiger partial charge on any atom is 0.416 e. The highest BCUT2D eigenvalue weighted by Crippen LogP contribution is 2.32. The van der Waals surface area contributed by atoms with E-state index in [1.807, 2.05) is 41.1 Å². The van der Waals surface area contributed by atoms with E-state index in [1.54, 1.807) is 36.4 Å². The number of nitrogens with zero attached hydrogens (tertiary/aromatic N) is 4. The molecule has 0 amide bonds. The van der Waals surface area contributed by atoms with Crippen LogP contribution in [0.3, 0.4) is 0 Å². The van der Waals surface area contributed by atoms with E-state index in [2.05, 4.69) is 10.1 Å². The van der Waals surface area contributed by atoms with Gasteiger partial charge in [-0.15, -0.1) is 0 Å². The van der Waals surface area contributed by atoms with Gasteiger partial charge in [0.1, 0.15) is 0 Å². The van der Waals surface area contributed by atoms with Crippen molar-refractivity contribution >= 4 is 51.2 Å². The number of halogens is 5. The molecule has 2 heterocycles. The van der Waals surface area contributed by atoms with Gasteiger partial charge in [0.25, 0.3) is 5.56 Å². The van der Waals surface area contributed by atoms with Crippen LogP contribution in [0.25, 0.3) is 33.2 Å². The van der Waals surface area contributed by atoms with Crippen molar-refractivity contribution in [1.82, 2.24) is 14.2 Å². The Balaban J connectivity index is 1.49. The topological polar surface area (TPSA) is 52.2 Å². The zero-order valence-corrected chi connectivity index (χ0v) is 22.6. The van der Waals surface area contributed by atoms with Crippen LogP contribution >= 0.6 is 23.2 Å². The van der Waals surface area contributed by atoms with E-state index >= 15 is 0 Å². The first kappa shape index (κ1) is 26.8. The van der Waals surface area contributed by atoms with Crippen LogP contribution in [0.1, 0.15) is 16.7 Å². The molecule has 10 heteroatoms. The van der Waals surface area contributed by atoms with Gasteiger partial charge in [-0.3, -0.25) is 4.79 Å². The number of aromatic nitrogens is 3. The lowest BCUT2D eigenvalue weighted by atomic mass is 10.1. The maximum atomic E-state index is 13.6. The van der Waals surface area contributed by atoms with Gasteiger partial charge in [0.05, 0.1) is 22.7 Å². The summed E-state index contributed by atoms with van der Waals surface area (Å²) in [5.41, 5.74) is 1.57. The Hall–Kier alpha value is -4.40. The van der Waals surface area contributed by atoms with Gasteiger partial charge in [0.15, 0.2) is 5.82 Å². The number of hydrogen-bond acceptors (Lipinski definition) is 3. The van der Waals surface area contributed by atoms with E-state index in [-0.39, 0.29) is 11.4 Å². The van der Waals surface area contributed by atoms with Crippen molar-refractivity contribution in [2.75, 3.05) is 0 Å². The number of fused-ring (bicyclic) bond motifs is 2. The van der Waals surface area contributed by atoms with Crippen LogP contribution in [0.5, 0.6) is 0 Å². The molecule has 0 aliphatic rings. The van der Waals surface area contributed by atoms with E-state index < -0.39 is 17.3 Å². The first-order valence-electron chi connectivity index (χ1n) is 12.4. The molecule has 0 fully saturated rings. The zero-order chi connectivity index (χ0) is 28.7. The number of hydrogen-bond donors (Lipinski definition) is 0. The summed E-state index contributed by atoms with van der Waals surface area (Å²) in [7, 11) is 0. The second-order valence-corrected chi connectivity index (χ2v) is 10.2. The lowest BCUT2D eigenvalue weighted by molar-refractivity contribution is -0.137. The quantitative estimate of drug-likeness (QED) is 0.190. The molecule has 0 aliphatic carbocycles. The van der Waals surface area contributed by atoms with Crippen molar-refractivity contribution in [2.24, 2.45) is 5.10 Å². The van der Waals surface area contributed by atoms with Gasteiger partial charge in [-0.05, 0) is 48.0 Å². The van der Waals surface area contributed by atoms with Crippen LogP contribution in [0.4, 0.5) is 13.2 Å². The molecule has 0 saturated carbocycles. The van der Waals surface area contributed by atoms with Crippen molar-refractivity contribution in [3.05, 3.63) is 134 Å². The Kier molecular flexibility index (Phi) is 6.89. The fraction of sp³-hybridized carbons (Fsp3) is 0.0645. The number of alkyl halides is 3. The van der Waals surface area contributed by atoms with E-state index in [0.29, 0.717) is 33.1 Å². The van der Waals surface area contributed by atoms with Crippen LogP contribution in [0, 0.1) is 0 Å². The molecule has 0 spiro atoms. The number of benzene rings is 4. The van der Waals surface area contributed by atoms with Crippen LogP contribution < -0.4 is 5.56 Å². The van der Waals surface area contributed by atoms with Crippen LogP contribution in [-0.2, 0) is 12.7 Å². The molecular weight excluding hydrogens is 572 g/mol. The second-order valence-electron chi connectivity index (χ2n) is 9.36. The van der Waals surface area contributed by atoms with Gasteiger partial charge in [0.2, 0.25) is 0 Å². The highest BCUT2D eigenvalue weighted by Gasteiger charge is 2.31. The Labute approximate surface area is 241 Å². The van der Waals surface area contributed by atoms with Crippen LogP contribution in [0.2, 0.25) is 10.0 Å². The molecule has 5 nitrogen and oxygen atoms in total. The fourth-order valence-electron chi connectivity index (χ4n) is 4.71. The van der Waals surface area contributed by atoms with E-state index in [4.69, 9.17) is 23.2 Å². The fourth-order valence-corrected chi connectivity index (χ4v) is 5.18. The molecule has 4 aromatic carbocycles. The third-order valence-electron chi connectivity index (χ3n) is 6.69. The van der Waals surface area contributed by atoms with Crippen molar-refractivity contribution in [1.29, 1.82) is 0 Å². The Bertz CT molecular complexity index is 2030. The molecule has 0 bridgehead atoms. The average Bonchev–Trinajstić information content (AvgIpc) is 3.31. The lowest BCUT2D eigenvalue weighted by Gasteiger charge is -2.12. The summed E-state index contributed by atoms with van der Waals surface area (Å²) < 4.78 is 43.5. The molecule has 0 aliphatic heterocycles. The van der Waals surface area contributed by atoms with Gasteiger partial charge in [-0.25, -0.2) is 4.98 Å². The predicted molar refractivity (Wildman–Crippen MR) is 157 cm³/mol. The van der Waals surface area contributed by atoms with Gasteiger partial charge < -0.3 is 4.57 Å². The molecule has 0 unspecified atom stereocenters. The Morgan fingerprint density at radius 1 is 0.878 bits per heavy atom. The monoisotopic (exact) mass is 590 g/mol. The summed E-state index contributed by atoms with van der Waals surface area (Å²) in [5, 5.41) is 6.70. The second kappa shape index (κ2) is 10.5. The molecule has 6 rings (SSSR count). The van der Waals surface area contributed by atoms with Gasteiger partial charge in [-0.1, -0.05) is 71.7 Å². The van der Waals surface area contributed by atoms with Crippen molar-refractivity contribution in [3.8, 4) is 11.4 Å². The summed E-state index contributed by atoms with van der Waals surface area (Å²) >= 11 is 12.5. The molecule has 41 heavy (non-hydrogen) atoms. The third kappa shape index (κ3) is 5.24. The highest BCUT2D eigenvalue weighted by atomic mass is 35.5. The molecule has 2 aromatic heterocycles. The molecule has 0 saturated heterocycles. The smallest absolute Gasteiger partial charge is 0.342 e. The summed E-state index contributed by atoms with van der Waals surface area (Å²) in [6.07, 6.45) is -1.17. The van der Waals surface area contributed by atoms with Crippen molar-refractivity contribution < 1.29 is 13.2 Å². The summed E-state index contributed by atoms with van der Waals surface area (Å²) in [4.78, 5) is 18.1. The first-order valence-corrected chi connectivity index (χ1v) is 13.2. The van der Waals surface area contributed by atoms with Crippen molar-refractivity contribution in [2.45, 2.75) is 12.7 Å². The standard InChI is InChI=1S/C31H19Cl2F3N4O/c32-23-13-12-20(26(33)15-23)17-39-18-21(24-8-2-4-11-28(24)39)16-37-40-29(19-6-5-7-22(14-19)31(34,35)36)38-27-10-3-1-9-25(27)30(40)41/h1-16,18H,17H2. The lowest BCUT2D eigenvalue weighted by Crippen LogP contribution is -2.20. The summed E-state index contributed by atoms with van der Waals surface area (Å²) in [5.74, 6) is -0.00673. The van der Waals surface area contributed by atoms with Crippen LogP contribution in [-0.4, -0.2) is 20.4 Å². The number of para-hydroxylation sites is 2. The van der Waals surface area contributed by atoms with E-state index in [0.717, 1.165) is 33.3 Å². The zero-order valence-electron chi connectivity index (χ0n) is 21.1. The third-order valence-corrected chi connectivity index (χ3v) is 7.28. The molecule has 0 radical (unpaired) electrons. The normalized spacial score (nSPS) is 12.1. The predicted octanol–water partition coefficient (Wildman–Crippen LogP) is 8.27. The number of rotatable bonds is 5. The Morgan fingerprint density at radius 3 is 2.41 bits per heavy atom. The highest BCUT2D eigenvalue weighted by molar-refractivity contribution is 6.35. The largest absolute Gasteiger partial charge is 0.416 e. The first-order chi connectivity index (χ1) is 19.7. The molecule has 0 N–H and O–H groups in total. The van der Waals surface area contributed by atoms with Gasteiger partial charge in [-0.2, -0.15) is 22.9 Å². The van der Waals surface area contributed by atoms with E-state index in [9.17, 15) is 18.0 Å². The molecule has 0 atom stereocenters. The minimum absolute atomic E-state index is 0.00673. The minimum Gasteiger partial charge on any atom is -0.342 e. The summed E-state index contributed by atoms with van der Waals surface area (Å²) in [6.45, 7) is 0.456. The van der Waals surface area contributed by atoms with Crippen molar-refractivity contribution in [3.63, 3.8) is 0 Å². The minimum atomic E-state index is -4.56.